The van der Waals surface area contributed by atoms with Crippen molar-refractivity contribution in [2.24, 2.45) is 0 Å². The van der Waals surface area contributed by atoms with E-state index in [0.29, 0.717) is 24.4 Å². The van der Waals surface area contributed by atoms with Crippen LogP contribution in [0.15, 0.2) is 48.0 Å². The topological polar surface area (TPSA) is 71.0 Å². The number of benzene rings is 2. The van der Waals surface area contributed by atoms with Gasteiger partial charge in [-0.1, -0.05) is 42.0 Å². The van der Waals surface area contributed by atoms with Crippen LogP contribution in [-0.4, -0.2) is 55.8 Å². The zero-order valence-corrected chi connectivity index (χ0v) is 17.9. The predicted octanol–water partition coefficient (Wildman–Crippen LogP) is 3.71. The molecular weight excluding hydrogens is 380 g/mol. The van der Waals surface area contributed by atoms with Gasteiger partial charge in [-0.25, -0.2) is 0 Å². The normalized spacial score (nSPS) is 16.4. The molecule has 1 saturated heterocycles. The Bertz CT molecular complexity index is 890. The van der Waals surface area contributed by atoms with E-state index >= 15 is 0 Å². The van der Waals surface area contributed by atoms with Crippen LogP contribution in [0.1, 0.15) is 35.7 Å². The Kier molecular flexibility index (Phi) is 7.36. The second-order valence-corrected chi connectivity index (χ2v) is 7.61. The fourth-order valence-electron chi connectivity index (χ4n) is 3.83. The van der Waals surface area contributed by atoms with Crippen LogP contribution < -0.4 is 14.8 Å². The molecule has 6 heteroatoms. The average Bonchev–Trinajstić information content (AvgIpc) is 3.26. The highest BCUT2D eigenvalue weighted by Gasteiger charge is 2.24. The first kappa shape index (κ1) is 21.7. The molecule has 3 rings (SSSR count). The molecule has 1 heterocycles. The minimum absolute atomic E-state index is 0.115. The molecule has 1 aliphatic rings. The number of nitrogens with zero attached hydrogens (tertiary/aromatic N) is 1. The van der Waals surface area contributed by atoms with Crippen LogP contribution >= 0.6 is 0 Å². The van der Waals surface area contributed by atoms with Crippen LogP contribution in [0, 0.1) is 0 Å². The van der Waals surface area contributed by atoms with Crippen LogP contribution in [-0.2, 0) is 0 Å². The summed E-state index contributed by atoms with van der Waals surface area (Å²) in [6.45, 7) is 4.11. The summed E-state index contributed by atoms with van der Waals surface area (Å²) in [6, 6.07) is 13.4. The van der Waals surface area contributed by atoms with Crippen LogP contribution in [0.25, 0.3) is 6.08 Å². The molecular formula is C24H30N2O4. The number of phenolic OH excluding ortho intramolecular Hbond substituents is 1. The summed E-state index contributed by atoms with van der Waals surface area (Å²) < 4.78 is 10.5. The SMILES string of the molecule is COc1cc(C(=O)N(CC(C)=Cc2ccccc2)C[C@H]2CCCN2)cc(O)c1OC. The minimum atomic E-state index is -0.152. The molecule has 30 heavy (non-hydrogen) atoms. The van der Waals surface area contributed by atoms with E-state index in [4.69, 9.17) is 9.47 Å². The Hall–Kier alpha value is -2.99. The first-order valence-electron chi connectivity index (χ1n) is 10.2. The lowest BCUT2D eigenvalue weighted by atomic mass is 10.1. The molecule has 1 atom stereocenters. The number of aromatic hydroxyl groups is 1. The van der Waals surface area contributed by atoms with Crippen LogP contribution in [0.5, 0.6) is 17.2 Å². The zero-order valence-electron chi connectivity index (χ0n) is 17.9. The largest absolute Gasteiger partial charge is 0.504 e. The van der Waals surface area contributed by atoms with Crippen LogP contribution in [0.2, 0.25) is 0 Å². The van der Waals surface area contributed by atoms with Crippen molar-refractivity contribution in [1.82, 2.24) is 10.2 Å². The van der Waals surface area contributed by atoms with Gasteiger partial charge < -0.3 is 24.8 Å². The van der Waals surface area contributed by atoms with Crippen molar-refractivity contribution in [1.29, 1.82) is 0 Å². The number of amides is 1. The number of hydrogen-bond donors (Lipinski definition) is 2. The number of methoxy groups -OCH3 is 2. The molecule has 0 aromatic heterocycles. The van der Waals surface area contributed by atoms with Gasteiger partial charge in [0.25, 0.3) is 5.91 Å². The highest BCUT2D eigenvalue weighted by molar-refractivity contribution is 5.96. The standard InChI is InChI=1S/C24H30N2O4/c1-17(12-18-8-5-4-6-9-18)15-26(16-20-10-7-11-25-20)24(28)19-13-21(27)23(30-3)22(14-19)29-2/h4-6,8-9,12-14,20,25,27H,7,10-11,15-16H2,1-3H3/t20-/m1/s1. The molecule has 0 radical (unpaired) electrons. The minimum Gasteiger partial charge on any atom is -0.504 e. The van der Waals surface area contributed by atoms with E-state index in [0.717, 1.165) is 30.5 Å². The maximum Gasteiger partial charge on any atom is 0.254 e. The van der Waals surface area contributed by atoms with E-state index in [2.05, 4.69) is 11.4 Å². The van der Waals surface area contributed by atoms with E-state index in [1.807, 2.05) is 42.2 Å². The van der Waals surface area contributed by atoms with Crippen LogP contribution in [0.3, 0.4) is 0 Å². The molecule has 160 valence electrons. The molecule has 2 aromatic carbocycles. The van der Waals surface area contributed by atoms with Gasteiger partial charge in [-0.05, 0) is 44.0 Å². The summed E-state index contributed by atoms with van der Waals surface area (Å²) in [4.78, 5) is 15.2. The third-order valence-electron chi connectivity index (χ3n) is 5.25. The first-order valence-corrected chi connectivity index (χ1v) is 10.2. The van der Waals surface area contributed by atoms with Gasteiger partial charge in [-0.15, -0.1) is 0 Å². The Balaban J connectivity index is 1.86. The van der Waals surface area contributed by atoms with Gasteiger partial charge in [0, 0.05) is 24.7 Å². The molecule has 0 aliphatic carbocycles. The summed E-state index contributed by atoms with van der Waals surface area (Å²) in [5.74, 6) is 0.283. The van der Waals surface area contributed by atoms with Gasteiger partial charge in [0.1, 0.15) is 0 Å². The Morgan fingerprint density at radius 2 is 2.00 bits per heavy atom. The Labute approximate surface area is 178 Å². The Morgan fingerprint density at radius 3 is 2.63 bits per heavy atom. The van der Waals surface area contributed by atoms with Gasteiger partial charge in [0.15, 0.2) is 11.5 Å². The second kappa shape index (κ2) is 10.2. The van der Waals surface area contributed by atoms with Crippen molar-refractivity contribution in [3.05, 3.63) is 59.2 Å². The molecule has 2 aromatic rings. The lowest BCUT2D eigenvalue weighted by molar-refractivity contribution is 0.0756. The van der Waals surface area contributed by atoms with E-state index in [1.54, 1.807) is 6.07 Å². The summed E-state index contributed by atoms with van der Waals surface area (Å²) in [5, 5.41) is 13.8. The van der Waals surface area contributed by atoms with E-state index in [-0.39, 0.29) is 23.4 Å². The number of carbonyl (C=O) groups is 1. The number of nitrogens with one attached hydrogen (secondary N) is 1. The van der Waals surface area contributed by atoms with Gasteiger partial charge >= 0.3 is 0 Å². The predicted molar refractivity (Wildman–Crippen MR) is 118 cm³/mol. The number of carbonyl (C=O) groups excluding carboxylic acids is 1. The average molecular weight is 411 g/mol. The van der Waals surface area contributed by atoms with E-state index < -0.39 is 0 Å². The lowest BCUT2D eigenvalue weighted by Gasteiger charge is -2.27. The third kappa shape index (κ3) is 5.33. The van der Waals surface area contributed by atoms with Crippen LogP contribution in [0.4, 0.5) is 0 Å². The van der Waals surface area contributed by atoms with Crippen molar-refractivity contribution in [2.75, 3.05) is 33.9 Å². The fraction of sp³-hybridized carbons (Fsp3) is 0.375. The van der Waals surface area contributed by atoms with Gasteiger partial charge in [0.2, 0.25) is 5.75 Å². The number of phenols is 1. The van der Waals surface area contributed by atoms with E-state index in [1.165, 1.54) is 20.3 Å². The maximum absolute atomic E-state index is 13.4. The van der Waals surface area contributed by atoms with Crippen molar-refractivity contribution in [3.8, 4) is 17.2 Å². The number of ether oxygens (including phenoxy) is 2. The molecule has 0 saturated carbocycles. The second-order valence-electron chi connectivity index (χ2n) is 7.61. The lowest BCUT2D eigenvalue weighted by Crippen LogP contribution is -2.42. The number of hydrogen-bond acceptors (Lipinski definition) is 5. The molecule has 0 bridgehead atoms. The molecule has 0 spiro atoms. The molecule has 2 N–H and O–H groups in total. The molecule has 6 nitrogen and oxygen atoms in total. The quantitative estimate of drug-likeness (QED) is 0.694. The van der Waals surface area contributed by atoms with Crippen molar-refractivity contribution in [3.63, 3.8) is 0 Å². The Morgan fingerprint density at radius 1 is 1.23 bits per heavy atom. The summed E-state index contributed by atoms with van der Waals surface area (Å²) in [5.41, 5.74) is 2.55. The maximum atomic E-state index is 13.4. The smallest absolute Gasteiger partial charge is 0.254 e. The molecule has 1 fully saturated rings. The highest BCUT2D eigenvalue weighted by Crippen LogP contribution is 2.37. The van der Waals surface area contributed by atoms with Crippen molar-refractivity contribution in [2.45, 2.75) is 25.8 Å². The highest BCUT2D eigenvalue weighted by atomic mass is 16.5. The number of rotatable bonds is 8. The van der Waals surface area contributed by atoms with Gasteiger partial charge in [-0.3, -0.25) is 4.79 Å². The monoisotopic (exact) mass is 410 g/mol. The summed E-state index contributed by atoms with van der Waals surface area (Å²) >= 11 is 0. The van der Waals surface area contributed by atoms with Gasteiger partial charge in [0.05, 0.1) is 14.2 Å². The first-order chi connectivity index (χ1) is 14.5. The van der Waals surface area contributed by atoms with E-state index in [9.17, 15) is 9.90 Å². The van der Waals surface area contributed by atoms with Gasteiger partial charge in [-0.2, -0.15) is 0 Å². The summed E-state index contributed by atoms with van der Waals surface area (Å²) in [7, 11) is 2.94. The summed E-state index contributed by atoms with van der Waals surface area (Å²) in [6.07, 6.45) is 4.25. The molecule has 1 aliphatic heterocycles. The fourth-order valence-corrected chi connectivity index (χ4v) is 3.83. The molecule has 0 unspecified atom stereocenters. The zero-order chi connectivity index (χ0) is 21.5. The van der Waals surface area contributed by atoms with Crippen molar-refractivity contribution < 1.29 is 19.4 Å². The third-order valence-corrected chi connectivity index (χ3v) is 5.25. The molecule has 1 amide bonds. The van der Waals surface area contributed by atoms with Crippen molar-refractivity contribution >= 4 is 12.0 Å².